The number of rotatable bonds is 26. The van der Waals surface area contributed by atoms with Crippen molar-refractivity contribution < 1.29 is 78.1 Å². The van der Waals surface area contributed by atoms with E-state index in [1.165, 1.54) is 70.2 Å². The van der Waals surface area contributed by atoms with E-state index in [4.69, 9.17) is 14.1 Å². The van der Waals surface area contributed by atoms with Gasteiger partial charge in [-0.2, -0.15) is 5.10 Å². The highest BCUT2D eigenvalue weighted by Gasteiger charge is 2.28. The fraction of sp³-hybridized carbons (Fsp3) is 0.270. The normalized spacial score (nSPS) is 11.2. The minimum absolute atomic E-state index is 0.0543. The molecule has 12 N–H and O–H groups in total. The summed E-state index contributed by atoms with van der Waals surface area (Å²) in [7, 11) is 0. The molecule has 0 aliphatic carbocycles. The largest absolute Gasteiger partial charge is 0.359 e. The molecule has 0 saturated heterocycles. The van der Waals surface area contributed by atoms with Crippen molar-refractivity contribution in [2.24, 2.45) is 0 Å². The summed E-state index contributed by atoms with van der Waals surface area (Å²) in [6, 6.07) is 45.4. The molecule has 7 aromatic heterocycles. The molecular weight excluding hydrogens is 1770 g/mol. The minimum atomic E-state index is -3.22. The molecular formula is C100H107F7N20O10. The summed E-state index contributed by atoms with van der Waals surface area (Å²) < 4.78 is 111. The minimum Gasteiger partial charge on any atom is -0.359 e. The van der Waals surface area contributed by atoms with Crippen molar-refractivity contribution in [1.29, 1.82) is 0 Å². The number of urea groups is 4. The first-order chi connectivity index (χ1) is 64.7. The molecule has 7 heterocycles. The molecule has 6 aromatic carbocycles. The summed E-state index contributed by atoms with van der Waals surface area (Å²) in [5, 5.41) is 42.7. The fourth-order valence-corrected chi connectivity index (χ4v) is 13.0. The van der Waals surface area contributed by atoms with Crippen molar-refractivity contribution in [1.82, 2.24) is 40.0 Å². The van der Waals surface area contributed by atoms with E-state index in [0.717, 1.165) is 74.1 Å². The Labute approximate surface area is 786 Å². The van der Waals surface area contributed by atoms with Crippen LogP contribution >= 0.6 is 0 Å². The first kappa shape index (κ1) is 103. The smallest absolute Gasteiger partial charge is 0.326 e. The average Bonchev–Trinajstić information content (AvgIpc) is 1.70. The lowest BCUT2D eigenvalue weighted by Gasteiger charge is -2.14. The topological polar surface area (TPSA) is 402 Å². The van der Waals surface area contributed by atoms with E-state index in [0.29, 0.717) is 104 Å². The molecule has 0 aliphatic heterocycles. The number of amides is 12. The van der Waals surface area contributed by atoms with Crippen molar-refractivity contribution in [3.05, 3.63) is 309 Å². The van der Waals surface area contributed by atoms with Crippen LogP contribution in [0.15, 0.2) is 216 Å². The number of alkyl halides is 2. The van der Waals surface area contributed by atoms with E-state index in [1.807, 2.05) is 118 Å². The average molecular weight is 1880 g/mol. The van der Waals surface area contributed by atoms with Gasteiger partial charge in [0.25, 0.3) is 5.92 Å². The van der Waals surface area contributed by atoms with Crippen LogP contribution in [0.5, 0.6) is 0 Å². The van der Waals surface area contributed by atoms with Crippen LogP contribution in [0, 0.1) is 36.0 Å². The Balaban J connectivity index is 0.000000189. The number of hydrogen-bond acceptors (Lipinski definition) is 17. The highest BCUT2D eigenvalue weighted by molar-refractivity contribution is 6.02. The van der Waals surface area contributed by atoms with E-state index in [1.54, 1.807) is 102 Å². The molecule has 0 atom stereocenters. The third kappa shape index (κ3) is 33.0. The van der Waals surface area contributed by atoms with Gasteiger partial charge < -0.3 is 56.9 Å². The van der Waals surface area contributed by atoms with Crippen molar-refractivity contribution in [3.63, 3.8) is 0 Å². The maximum absolute atomic E-state index is 14.9. The van der Waals surface area contributed by atoms with Crippen LogP contribution in [0.4, 0.5) is 119 Å². The van der Waals surface area contributed by atoms with Crippen LogP contribution < -0.4 is 63.8 Å². The molecule has 0 aliphatic rings. The van der Waals surface area contributed by atoms with E-state index < -0.39 is 70.4 Å². The quantitative estimate of drug-likeness (QED) is 0.0224. The standard InChI is InChI=1S/C30H33FN6O2.C24H22F4N4O2.2C23H26FN5O3/c1-19-6-11-23(12-7-19)37-28(18-26(36-37)30(3,4)5)35-29(39)34-25-13-10-21(16-24(25)31)8-9-22-14-15-32-27(17-22)33-20(2)38;1-14(33)30-22-12-16(9-10-29-22)4-3-15-5-8-20(19(26)11-15)31-23(34)32-21-13-17(24(2,27)28)6-7-18(21)25;1-14(30)26-20-12-16(9-10-25-20)6-5-15-7-8-18(17(24)11-15)27-22(31)28-21-13-19(32-29-21)23(2,3)4;1-14(30)26-20-12-16(9-10-25-20)6-5-15-7-8-18(17(24)11-15)27-22(31)28-21-13-19(29-32-21)23(2,3)4/h6-7,10-18H,8-9H2,1-5H3,(H,32,33,38)(H2,34,35,39);5-13H,3-4H2,1-2H3,(H,29,30,33)(H2,31,32,34);7-13H,5-6H2,1-4H3,(H,25,26,30)(H2,27,28,29,31);7-13H,5-6H2,1-4H3,(H,25,26,30)(H2,27,28,31). The summed E-state index contributed by atoms with van der Waals surface area (Å²) in [6.07, 6.45) is 11.1. The second kappa shape index (κ2) is 46.6. The zero-order valence-corrected chi connectivity index (χ0v) is 78.1. The molecule has 137 heavy (non-hydrogen) atoms. The van der Waals surface area contributed by atoms with Crippen LogP contribution in [0.3, 0.4) is 0 Å². The maximum atomic E-state index is 14.9. The number of carbonyl (C=O) groups is 8. The Morgan fingerprint density at radius 1 is 0.314 bits per heavy atom. The Bertz CT molecular complexity index is 6300. The van der Waals surface area contributed by atoms with Crippen LogP contribution in [0.2, 0.25) is 0 Å². The number of carbonyl (C=O) groups excluding carboxylic acids is 8. The zero-order valence-electron chi connectivity index (χ0n) is 78.1. The number of pyridine rings is 4. The Morgan fingerprint density at radius 3 is 0.985 bits per heavy atom. The molecule has 37 heteroatoms. The van der Waals surface area contributed by atoms with Gasteiger partial charge in [-0.25, -0.2) is 74.5 Å². The molecule has 716 valence electrons. The van der Waals surface area contributed by atoms with E-state index in [-0.39, 0.29) is 74.3 Å². The highest BCUT2D eigenvalue weighted by Crippen LogP contribution is 2.34. The predicted octanol–water partition coefficient (Wildman–Crippen LogP) is 22.0. The SMILES string of the molecule is CC(=O)Nc1cc(CCc2ccc(NC(=O)Nc3cc(C(C)(C)C)nn3-c3ccc(C)cc3)c(F)c2)ccn1.CC(=O)Nc1cc(CCc2ccc(NC(=O)Nc3cc(C(C)(C)C)no3)c(F)c2)ccn1.CC(=O)Nc1cc(CCc2ccc(NC(=O)Nc3cc(C(C)(C)C)on3)c(F)c2)ccn1.CC(=O)Nc1cc(CCc2ccc(NC(=O)Nc3cc(C(C)(F)F)ccc3F)c(F)c2)ccn1. The van der Waals surface area contributed by atoms with Gasteiger partial charge in [-0.1, -0.05) is 121 Å². The lowest BCUT2D eigenvalue weighted by Crippen LogP contribution is -2.22. The summed E-state index contributed by atoms with van der Waals surface area (Å²) in [5.74, 6) is -3.86. The van der Waals surface area contributed by atoms with Gasteiger partial charge in [0.15, 0.2) is 5.82 Å². The van der Waals surface area contributed by atoms with Gasteiger partial charge >= 0.3 is 24.1 Å². The van der Waals surface area contributed by atoms with Crippen molar-refractivity contribution >= 4 is 117 Å². The molecule has 30 nitrogen and oxygen atoms in total. The first-order valence-electron chi connectivity index (χ1n) is 43.3. The molecule has 0 bridgehead atoms. The lowest BCUT2D eigenvalue weighted by molar-refractivity contribution is -0.115. The fourth-order valence-electron chi connectivity index (χ4n) is 13.0. The molecule has 0 unspecified atom stereocenters. The predicted molar refractivity (Wildman–Crippen MR) is 513 cm³/mol. The molecule has 13 aromatic rings. The zero-order chi connectivity index (χ0) is 99.6. The number of nitrogens with zero attached hydrogens (tertiary/aromatic N) is 8. The van der Waals surface area contributed by atoms with Crippen LogP contribution in [0.25, 0.3) is 5.69 Å². The van der Waals surface area contributed by atoms with Crippen LogP contribution in [0.1, 0.15) is 170 Å². The van der Waals surface area contributed by atoms with Crippen LogP contribution in [-0.2, 0) is 92.7 Å². The second-order valence-corrected chi connectivity index (χ2v) is 35.1. The Morgan fingerprint density at radius 2 is 0.657 bits per heavy atom. The Hall–Kier alpha value is -16.0. The van der Waals surface area contributed by atoms with Gasteiger partial charge in [0, 0.05) is 99.4 Å². The molecule has 0 spiro atoms. The van der Waals surface area contributed by atoms with E-state index >= 15 is 0 Å². The molecule has 12 amide bonds. The number of halogens is 7. The van der Waals surface area contributed by atoms with Gasteiger partial charge in [0.2, 0.25) is 29.5 Å². The van der Waals surface area contributed by atoms with Crippen LogP contribution in [-0.4, -0.2) is 87.8 Å². The number of aromatic nitrogens is 8. The number of hydrogen-bond donors (Lipinski definition) is 12. The summed E-state index contributed by atoms with van der Waals surface area (Å²) in [5.41, 5.74) is 8.62. The molecule has 13 rings (SSSR count). The Kier molecular flexibility index (Phi) is 35.1. The van der Waals surface area contributed by atoms with Gasteiger partial charge in [-0.15, -0.1) is 0 Å². The second-order valence-electron chi connectivity index (χ2n) is 35.1. The number of aryl methyl sites for hydroxylation is 9. The highest BCUT2D eigenvalue weighted by atomic mass is 19.3. The van der Waals surface area contributed by atoms with Crippen molar-refractivity contribution in [2.75, 3.05) is 63.8 Å². The number of anilines is 12. The van der Waals surface area contributed by atoms with Crippen molar-refractivity contribution in [2.45, 2.75) is 177 Å². The third-order valence-electron chi connectivity index (χ3n) is 20.2. The van der Waals surface area contributed by atoms with Gasteiger partial charge in [-0.05, 0) is 224 Å². The summed E-state index contributed by atoms with van der Waals surface area (Å²) in [4.78, 5) is 110. The summed E-state index contributed by atoms with van der Waals surface area (Å²) in [6.45, 7) is 26.3. The number of benzene rings is 6. The van der Waals surface area contributed by atoms with Gasteiger partial charge in [-0.3, -0.25) is 35.1 Å². The van der Waals surface area contributed by atoms with E-state index in [9.17, 15) is 69.1 Å². The van der Waals surface area contributed by atoms with Crippen molar-refractivity contribution in [3.8, 4) is 5.69 Å². The monoisotopic (exact) mass is 1880 g/mol. The summed E-state index contributed by atoms with van der Waals surface area (Å²) >= 11 is 0. The molecule has 0 radical (unpaired) electrons. The molecule has 0 fully saturated rings. The number of nitrogens with one attached hydrogen (secondary N) is 12. The lowest BCUT2D eigenvalue weighted by atomic mass is 9.92. The third-order valence-corrected chi connectivity index (χ3v) is 20.2. The van der Waals surface area contributed by atoms with E-state index in [2.05, 4.69) is 94.1 Å². The van der Waals surface area contributed by atoms with Gasteiger partial charge in [0.05, 0.1) is 45.5 Å². The maximum Gasteiger partial charge on any atom is 0.326 e. The first-order valence-corrected chi connectivity index (χ1v) is 43.3. The van der Waals surface area contributed by atoms with Gasteiger partial charge in [0.1, 0.15) is 63.9 Å². The molecule has 0 saturated carbocycles.